The van der Waals surface area contributed by atoms with Crippen LogP contribution in [0.15, 0.2) is 29.4 Å². The van der Waals surface area contributed by atoms with Gasteiger partial charge in [-0.25, -0.2) is 4.98 Å². The van der Waals surface area contributed by atoms with Crippen LogP contribution < -0.4 is 0 Å². The number of aromatic nitrogens is 1. The minimum absolute atomic E-state index is 0. The van der Waals surface area contributed by atoms with Crippen LogP contribution in [0.3, 0.4) is 0 Å². The molecule has 0 aliphatic carbocycles. The maximum absolute atomic E-state index is 5.53. The van der Waals surface area contributed by atoms with E-state index in [9.17, 15) is 0 Å². The fraction of sp³-hybridized carbons (Fsp3) is 0.375. The van der Waals surface area contributed by atoms with Gasteiger partial charge in [-0.05, 0) is 18.6 Å². The minimum atomic E-state index is 0. The summed E-state index contributed by atoms with van der Waals surface area (Å²) >= 11 is 7.28. The summed E-state index contributed by atoms with van der Waals surface area (Å²) in [6.45, 7) is 0. The second-order valence-corrected chi connectivity index (χ2v) is 3.55. The molecule has 1 nitrogen and oxygen atoms in total. The maximum atomic E-state index is 5.53. The summed E-state index contributed by atoms with van der Waals surface area (Å²) in [5.74, 6) is 1.79. The third kappa shape index (κ3) is 4.86. The summed E-state index contributed by atoms with van der Waals surface area (Å²) in [5, 5.41) is 1.08. The third-order valence-corrected chi connectivity index (χ3v) is 2.46. The van der Waals surface area contributed by atoms with Crippen LogP contribution >= 0.6 is 35.8 Å². The molecule has 1 aromatic heterocycles. The molecule has 1 heterocycles. The number of halogens is 2. The highest BCUT2D eigenvalue weighted by Crippen LogP contribution is 2.14. The van der Waals surface area contributed by atoms with E-state index >= 15 is 0 Å². The number of nitrogens with zero attached hydrogens (tertiary/aromatic N) is 1. The number of rotatable bonds is 4. The molecule has 0 aliphatic rings. The first-order valence-electron chi connectivity index (χ1n) is 3.53. The Balaban J connectivity index is 0.00000121. The van der Waals surface area contributed by atoms with Crippen LogP contribution in [-0.4, -0.2) is 16.6 Å². The normalized spacial score (nSPS) is 9.08. The van der Waals surface area contributed by atoms with Gasteiger partial charge in [0.2, 0.25) is 0 Å². The second kappa shape index (κ2) is 7.71. The molecule has 0 saturated carbocycles. The number of hydrogen-bond acceptors (Lipinski definition) is 2. The summed E-state index contributed by atoms with van der Waals surface area (Å²) in [6.07, 6.45) is 2.85. The molecule has 1 rings (SSSR count). The average molecular weight is 224 g/mol. The van der Waals surface area contributed by atoms with Crippen LogP contribution in [0.2, 0.25) is 0 Å². The Morgan fingerprint density at radius 3 is 2.83 bits per heavy atom. The molecule has 68 valence electrons. The number of hydrogen-bond donors (Lipinski definition) is 0. The molecule has 0 aliphatic heterocycles. The quantitative estimate of drug-likeness (QED) is 0.442. The van der Waals surface area contributed by atoms with Crippen LogP contribution in [0, 0.1) is 0 Å². The van der Waals surface area contributed by atoms with Crippen LogP contribution in [-0.2, 0) is 0 Å². The molecule has 4 heteroatoms. The summed E-state index contributed by atoms with van der Waals surface area (Å²) < 4.78 is 0. The van der Waals surface area contributed by atoms with Crippen LogP contribution in [0.25, 0.3) is 0 Å². The van der Waals surface area contributed by atoms with Crippen LogP contribution in [0.5, 0.6) is 0 Å². The van der Waals surface area contributed by atoms with Crippen molar-refractivity contribution in [3.8, 4) is 0 Å². The molecule has 0 amide bonds. The predicted molar refractivity (Wildman–Crippen MR) is 57.5 cm³/mol. The number of alkyl halides is 1. The van der Waals surface area contributed by atoms with Gasteiger partial charge in [-0.2, -0.15) is 0 Å². The van der Waals surface area contributed by atoms with Crippen LogP contribution in [0.1, 0.15) is 6.42 Å². The highest BCUT2D eigenvalue weighted by molar-refractivity contribution is 7.99. The summed E-state index contributed by atoms with van der Waals surface area (Å²) in [4.78, 5) is 4.17. The second-order valence-electron chi connectivity index (χ2n) is 2.06. The minimum Gasteiger partial charge on any atom is -0.250 e. The van der Waals surface area contributed by atoms with E-state index in [2.05, 4.69) is 4.98 Å². The van der Waals surface area contributed by atoms with Crippen molar-refractivity contribution in [2.75, 3.05) is 11.6 Å². The summed E-state index contributed by atoms with van der Waals surface area (Å²) in [5.41, 5.74) is 0. The molecule has 0 unspecified atom stereocenters. The molecule has 0 fully saturated rings. The Kier molecular flexibility index (Phi) is 7.77. The molecule has 0 bridgehead atoms. The average Bonchev–Trinajstić information content (AvgIpc) is 2.07. The lowest BCUT2D eigenvalue weighted by atomic mass is 10.5. The molecule has 0 radical (unpaired) electrons. The van der Waals surface area contributed by atoms with E-state index in [0.29, 0.717) is 0 Å². The van der Waals surface area contributed by atoms with Crippen molar-refractivity contribution in [2.24, 2.45) is 0 Å². The Morgan fingerprint density at radius 2 is 2.25 bits per heavy atom. The van der Waals surface area contributed by atoms with E-state index in [-0.39, 0.29) is 12.4 Å². The van der Waals surface area contributed by atoms with Crippen molar-refractivity contribution in [3.63, 3.8) is 0 Å². The zero-order valence-electron chi connectivity index (χ0n) is 6.57. The standard InChI is InChI=1S/C8H10ClNS.ClH/c9-5-3-7-11-8-4-1-2-6-10-8;/h1-2,4,6H,3,5,7H2;1H. The van der Waals surface area contributed by atoms with E-state index in [1.54, 1.807) is 11.8 Å². The SMILES string of the molecule is Cl.ClCCCSc1ccccn1. The lowest BCUT2D eigenvalue weighted by molar-refractivity contribution is 1.09. The Bertz CT molecular complexity index is 194. The fourth-order valence-corrected chi connectivity index (χ4v) is 1.76. The zero-order valence-corrected chi connectivity index (χ0v) is 8.96. The monoisotopic (exact) mass is 223 g/mol. The first-order valence-corrected chi connectivity index (χ1v) is 5.05. The van der Waals surface area contributed by atoms with Gasteiger partial charge in [0, 0.05) is 17.8 Å². The van der Waals surface area contributed by atoms with E-state index in [0.717, 1.165) is 23.1 Å². The van der Waals surface area contributed by atoms with Gasteiger partial charge < -0.3 is 0 Å². The molecule has 0 aromatic carbocycles. The van der Waals surface area contributed by atoms with Gasteiger partial charge in [-0.1, -0.05) is 6.07 Å². The van der Waals surface area contributed by atoms with E-state index in [1.165, 1.54) is 0 Å². The molecule has 0 spiro atoms. The molecular formula is C8H11Cl2NS. The van der Waals surface area contributed by atoms with Crippen molar-refractivity contribution in [3.05, 3.63) is 24.4 Å². The van der Waals surface area contributed by atoms with Gasteiger partial charge >= 0.3 is 0 Å². The molecule has 0 atom stereocenters. The summed E-state index contributed by atoms with van der Waals surface area (Å²) in [7, 11) is 0. The molecule has 12 heavy (non-hydrogen) atoms. The first kappa shape index (κ1) is 12.1. The van der Waals surface area contributed by atoms with Gasteiger partial charge in [0.05, 0.1) is 5.03 Å². The smallest absolute Gasteiger partial charge is 0.0959 e. The summed E-state index contributed by atoms with van der Waals surface area (Å²) in [6, 6.07) is 5.93. The Hall–Kier alpha value is 0.0800. The molecular weight excluding hydrogens is 213 g/mol. The molecule has 1 aromatic rings. The van der Waals surface area contributed by atoms with Crippen molar-refractivity contribution < 1.29 is 0 Å². The van der Waals surface area contributed by atoms with E-state index < -0.39 is 0 Å². The Labute approximate surface area is 88.3 Å². The largest absolute Gasteiger partial charge is 0.250 e. The highest BCUT2D eigenvalue weighted by atomic mass is 35.5. The van der Waals surface area contributed by atoms with E-state index in [4.69, 9.17) is 11.6 Å². The van der Waals surface area contributed by atoms with E-state index in [1.807, 2.05) is 24.4 Å². The molecule has 0 N–H and O–H groups in total. The topological polar surface area (TPSA) is 12.9 Å². The molecule has 0 saturated heterocycles. The maximum Gasteiger partial charge on any atom is 0.0959 e. The number of pyridine rings is 1. The fourth-order valence-electron chi connectivity index (χ4n) is 0.664. The van der Waals surface area contributed by atoms with Gasteiger partial charge in [-0.15, -0.1) is 35.8 Å². The van der Waals surface area contributed by atoms with Gasteiger partial charge in [-0.3, -0.25) is 0 Å². The van der Waals surface area contributed by atoms with Crippen molar-refractivity contribution >= 4 is 35.8 Å². The van der Waals surface area contributed by atoms with Crippen molar-refractivity contribution in [1.29, 1.82) is 0 Å². The van der Waals surface area contributed by atoms with Gasteiger partial charge in [0.15, 0.2) is 0 Å². The number of thioether (sulfide) groups is 1. The highest BCUT2D eigenvalue weighted by Gasteiger charge is 1.91. The van der Waals surface area contributed by atoms with Gasteiger partial charge in [0.25, 0.3) is 0 Å². The predicted octanol–water partition coefficient (Wildman–Crippen LogP) is 3.22. The third-order valence-electron chi connectivity index (χ3n) is 1.17. The van der Waals surface area contributed by atoms with Crippen LogP contribution in [0.4, 0.5) is 0 Å². The lowest BCUT2D eigenvalue weighted by Crippen LogP contribution is -1.82. The van der Waals surface area contributed by atoms with Crippen molar-refractivity contribution in [1.82, 2.24) is 4.98 Å². The van der Waals surface area contributed by atoms with Gasteiger partial charge in [0.1, 0.15) is 0 Å². The lowest BCUT2D eigenvalue weighted by Gasteiger charge is -1.96. The first-order chi connectivity index (χ1) is 5.43. The zero-order chi connectivity index (χ0) is 7.94. The Morgan fingerprint density at radius 1 is 1.42 bits per heavy atom. The van der Waals surface area contributed by atoms with Crippen molar-refractivity contribution in [2.45, 2.75) is 11.4 Å².